The van der Waals surface area contributed by atoms with E-state index in [1.807, 2.05) is 13.8 Å². The lowest BCUT2D eigenvalue weighted by Crippen LogP contribution is -2.30. The van der Waals surface area contributed by atoms with Gasteiger partial charge in [0.15, 0.2) is 0 Å². The highest BCUT2D eigenvalue weighted by Crippen LogP contribution is 2.22. The first-order chi connectivity index (χ1) is 9.76. The molecule has 116 valence electrons. The third kappa shape index (κ3) is 4.53. The van der Waals surface area contributed by atoms with E-state index in [0.717, 1.165) is 6.07 Å². The minimum Gasteiger partial charge on any atom is -0.366 e. The molecule has 0 saturated carbocycles. The molecule has 0 radical (unpaired) electrons. The number of carbonyl (C=O) groups is 2. The molecule has 0 bridgehead atoms. The Hall–Kier alpha value is -1.95. The number of nitrogens with one attached hydrogen (secondary N) is 1. The summed E-state index contributed by atoms with van der Waals surface area (Å²) < 4.78 is 13.8. The summed E-state index contributed by atoms with van der Waals surface area (Å²) in [6.07, 6.45) is 0.638. The van der Waals surface area contributed by atoms with Crippen LogP contribution in [0, 0.1) is 24.6 Å². The van der Waals surface area contributed by atoms with E-state index in [-0.39, 0.29) is 35.2 Å². The zero-order valence-corrected chi connectivity index (χ0v) is 12.6. The van der Waals surface area contributed by atoms with Crippen molar-refractivity contribution in [1.29, 1.82) is 0 Å². The lowest BCUT2D eigenvalue weighted by atomic mass is 9.96. The van der Waals surface area contributed by atoms with Gasteiger partial charge >= 0.3 is 0 Å². The van der Waals surface area contributed by atoms with Crippen LogP contribution in [0.4, 0.5) is 10.1 Å². The second-order valence-electron chi connectivity index (χ2n) is 5.55. The third-order valence-corrected chi connectivity index (χ3v) is 3.30. The molecule has 21 heavy (non-hydrogen) atoms. The highest BCUT2D eigenvalue weighted by molar-refractivity contribution is 5.97. The predicted octanol–water partition coefficient (Wildman–Crippen LogP) is 1.79. The fourth-order valence-electron chi connectivity index (χ4n) is 2.07. The molecule has 6 heteroatoms. The summed E-state index contributed by atoms with van der Waals surface area (Å²) in [7, 11) is 0. The minimum atomic E-state index is -0.748. The molecule has 1 atom stereocenters. The molecule has 1 aromatic carbocycles. The Morgan fingerprint density at radius 3 is 2.43 bits per heavy atom. The summed E-state index contributed by atoms with van der Waals surface area (Å²) in [5.41, 5.74) is 11.3. The molecule has 0 fully saturated rings. The van der Waals surface area contributed by atoms with Gasteiger partial charge in [-0.3, -0.25) is 9.59 Å². The molecule has 5 nitrogen and oxygen atoms in total. The average molecular weight is 295 g/mol. The number of anilines is 1. The van der Waals surface area contributed by atoms with Crippen molar-refractivity contribution in [2.75, 3.05) is 11.9 Å². The maximum Gasteiger partial charge on any atom is 0.248 e. The molecule has 0 aliphatic carbocycles. The fraction of sp³-hybridized carbons (Fsp3) is 0.467. The van der Waals surface area contributed by atoms with E-state index in [9.17, 15) is 14.0 Å². The Morgan fingerprint density at radius 2 is 1.95 bits per heavy atom. The van der Waals surface area contributed by atoms with Gasteiger partial charge in [0.05, 0.1) is 5.92 Å². The summed E-state index contributed by atoms with van der Waals surface area (Å²) in [6.45, 7) is 5.72. The zero-order valence-electron chi connectivity index (χ0n) is 12.6. The summed E-state index contributed by atoms with van der Waals surface area (Å²) in [5.74, 6) is -1.66. The molecule has 0 heterocycles. The van der Waals surface area contributed by atoms with Crippen LogP contribution in [0.25, 0.3) is 0 Å². The Balaban J connectivity index is 3.01. The van der Waals surface area contributed by atoms with E-state index in [1.165, 1.54) is 13.0 Å². The van der Waals surface area contributed by atoms with Gasteiger partial charge in [-0.1, -0.05) is 13.8 Å². The maximum absolute atomic E-state index is 13.8. The molecule has 0 aliphatic rings. The van der Waals surface area contributed by atoms with Crippen molar-refractivity contribution in [3.05, 3.63) is 29.1 Å². The summed E-state index contributed by atoms with van der Waals surface area (Å²) in [4.78, 5) is 23.4. The molecular formula is C15H22FN3O2. The first kappa shape index (κ1) is 17.1. The molecule has 0 aliphatic heterocycles. The molecular weight excluding hydrogens is 273 g/mol. The van der Waals surface area contributed by atoms with Crippen molar-refractivity contribution in [2.24, 2.45) is 23.3 Å². The normalized spacial score (nSPS) is 12.3. The monoisotopic (exact) mass is 295 g/mol. The van der Waals surface area contributed by atoms with Crippen molar-refractivity contribution in [3.8, 4) is 0 Å². The molecule has 0 saturated heterocycles. The van der Waals surface area contributed by atoms with E-state index < -0.39 is 11.7 Å². The van der Waals surface area contributed by atoms with Gasteiger partial charge < -0.3 is 16.8 Å². The van der Waals surface area contributed by atoms with Gasteiger partial charge in [0.1, 0.15) is 5.82 Å². The third-order valence-electron chi connectivity index (χ3n) is 3.30. The predicted molar refractivity (Wildman–Crippen MR) is 80.3 cm³/mol. The van der Waals surface area contributed by atoms with Gasteiger partial charge in [0.2, 0.25) is 11.8 Å². The number of hydrogen-bond donors (Lipinski definition) is 3. The summed E-state index contributed by atoms with van der Waals surface area (Å²) >= 11 is 0. The molecule has 2 amide bonds. The number of rotatable bonds is 6. The molecule has 0 spiro atoms. The molecule has 1 unspecified atom stereocenters. The second-order valence-corrected chi connectivity index (χ2v) is 5.55. The van der Waals surface area contributed by atoms with Crippen molar-refractivity contribution in [2.45, 2.75) is 27.2 Å². The van der Waals surface area contributed by atoms with Gasteiger partial charge in [0, 0.05) is 23.4 Å². The molecule has 0 aromatic heterocycles. The van der Waals surface area contributed by atoms with Crippen LogP contribution in [-0.2, 0) is 4.79 Å². The van der Waals surface area contributed by atoms with Crippen LogP contribution in [0.1, 0.15) is 36.2 Å². The Morgan fingerprint density at radius 1 is 1.33 bits per heavy atom. The number of benzene rings is 1. The topological polar surface area (TPSA) is 98.2 Å². The van der Waals surface area contributed by atoms with E-state index in [1.54, 1.807) is 0 Å². The Kier molecular flexibility index (Phi) is 5.84. The number of primary amides is 1. The van der Waals surface area contributed by atoms with Crippen LogP contribution in [0.3, 0.4) is 0 Å². The summed E-state index contributed by atoms with van der Waals surface area (Å²) in [6, 6.07) is 2.43. The van der Waals surface area contributed by atoms with Gasteiger partial charge in [0.25, 0.3) is 0 Å². The quantitative estimate of drug-likeness (QED) is 0.746. The highest BCUT2D eigenvalue weighted by Gasteiger charge is 2.20. The molecule has 1 aromatic rings. The number of halogens is 1. The molecule has 5 N–H and O–H groups in total. The van der Waals surface area contributed by atoms with Crippen LogP contribution < -0.4 is 16.8 Å². The van der Waals surface area contributed by atoms with Gasteiger partial charge in [-0.05, 0) is 31.4 Å². The maximum atomic E-state index is 13.8. The first-order valence-corrected chi connectivity index (χ1v) is 6.87. The van der Waals surface area contributed by atoms with Crippen molar-refractivity contribution < 1.29 is 14.0 Å². The standard InChI is InChI=1S/C15H22FN3O2/c1-8(2)4-11(7-17)15(21)19-13-6-10(14(18)20)5-12(16)9(13)3/h5-6,8,11H,4,7,17H2,1-3H3,(H2,18,20)(H,19,21). The molecule has 1 rings (SSSR count). The van der Waals surface area contributed by atoms with E-state index in [2.05, 4.69) is 5.32 Å². The summed E-state index contributed by atoms with van der Waals surface area (Å²) in [5, 5.41) is 2.64. The van der Waals surface area contributed by atoms with Gasteiger partial charge in [-0.25, -0.2) is 4.39 Å². The van der Waals surface area contributed by atoms with Gasteiger partial charge in [-0.2, -0.15) is 0 Å². The Labute approximate surface area is 123 Å². The van der Waals surface area contributed by atoms with Crippen molar-refractivity contribution in [3.63, 3.8) is 0 Å². The lowest BCUT2D eigenvalue weighted by molar-refractivity contribution is -0.120. The average Bonchev–Trinajstić information content (AvgIpc) is 2.40. The van der Waals surface area contributed by atoms with Crippen LogP contribution in [-0.4, -0.2) is 18.4 Å². The first-order valence-electron chi connectivity index (χ1n) is 6.87. The minimum absolute atomic E-state index is 0.0153. The van der Waals surface area contributed by atoms with Crippen LogP contribution in [0.15, 0.2) is 12.1 Å². The SMILES string of the molecule is Cc1c(F)cc(C(N)=O)cc1NC(=O)C(CN)CC(C)C. The van der Waals surface area contributed by atoms with E-state index >= 15 is 0 Å². The fourth-order valence-corrected chi connectivity index (χ4v) is 2.07. The lowest BCUT2D eigenvalue weighted by Gasteiger charge is -2.18. The number of hydrogen-bond acceptors (Lipinski definition) is 3. The number of nitrogens with two attached hydrogens (primary N) is 2. The number of carbonyl (C=O) groups excluding carboxylic acids is 2. The van der Waals surface area contributed by atoms with Crippen molar-refractivity contribution in [1.82, 2.24) is 0 Å². The smallest absolute Gasteiger partial charge is 0.248 e. The van der Waals surface area contributed by atoms with Gasteiger partial charge in [-0.15, -0.1) is 0 Å². The van der Waals surface area contributed by atoms with E-state index in [4.69, 9.17) is 11.5 Å². The van der Waals surface area contributed by atoms with E-state index in [0.29, 0.717) is 12.3 Å². The Bertz CT molecular complexity index is 544. The van der Waals surface area contributed by atoms with Crippen LogP contribution >= 0.6 is 0 Å². The highest BCUT2D eigenvalue weighted by atomic mass is 19.1. The second kappa shape index (κ2) is 7.17. The number of amides is 2. The van der Waals surface area contributed by atoms with Crippen molar-refractivity contribution >= 4 is 17.5 Å². The zero-order chi connectivity index (χ0) is 16.2. The van der Waals surface area contributed by atoms with Crippen LogP contribution in [0.5, 0.6) is 0 Å². The van der Waals surface area contributed by atoms with Crippen LogP contribution in [0.2, 0.25) is 0 Å². The largest absolute Gasteiger partial charge is 0.366 e.